The highest BCUT2D eigenvalue weighted by Crippen LogP contribution is 2.32. The van der Waals surface area contributed by atoms with Crippen LogP contribution < -0.4 is 4.72 Å². The molecule has 7 heteroatoms. The summed E-state index contributed by atoms with van der Waals surface area (Å²) in [6.45, 7) is 11.3. The monoisotopic (exact) mass is 475 g/mol. The fourth-order valence-corrected chi connectivity index (χ4v) is 4.19. The molecule has 0 aliphatic rings. The van der Waals surface area contributed by atoms with Gasteiger partial charge in [-0.25, -0.2) is 13.7 Å². The van der Waals surface area contributed by atoms with Crippen molar-refractivity contribution in [2.75, 3.05) is 6.26 Å². The highest BCUT2D eigenvalue weighted by atomic mass is 79.9. The van der Waals surface area contributed by atoms with Crippen molar-refractivity contribution in [1.82, 2.24) is 4.72 Å². The Kier molecular flexibility index (Phi) is 9.25. The molecule has 0 fully saturated rings. The van der Waals surface area contributed by atoms with Gasteiger partial charge >= 0.3 is 5.97 Å². The van der Waals surface area contributed by atoms with Gasteiger partial charge in [0, 0.05) is 21.5 Å². The number of hydrogen-bond acceptors (Lipinski definition) is 4. The third kappa shape index (κ3) is 8.94. The van der Waals surface area contributed by atoms with Gasteiger partial charge in [0.2, 0.25) is 0 Å². The molecule has 0 heterocycles. The van der Waals surface area contributed by atoms with E-state index in [0.29, 0.717) is 6.42 Å². The molecule has 1 N–H and O–H groups in total. The number of esters is 1. The molecular weight excluding hydrogens is 446 g/mol. The molecule has 27 heavy (non-hydrogen) atoms. The summed E-state index contributed by atoms with van der Waals surface area (Å²) in [7, 11) is -1.23. The van der Waals surface area contributed by atoms with Gasteiger partial charge in [-0.1, -0.05) is 28.1 Å². The minimum atomic E-state index is -1.23. The van der Waals surface area contributed by atoms with Gasteiger partial charge in [0.25, 0.3) is 0 Å². The zero-order chi connectivity index (χ0) is 20.8. The number of halogens is 1. The standard InChI is InChI=1S/C20H30BrNO3S2/c1-19(2,3)25-18(23)10-8-9-16(22-27(24)20(4,5)6)15-12-11-14(21)13-17(15)26-7/h8,10-13,16,22H,9H2,1-7H3/b10-8-/t16-,27?/m0/s1. The molecule has 0 bridgehead atoms. The molecule has 152 valence electrons. The molecule has 0 aliphatic carbocycles. The van der Waals surface area contributed by atoms with E-state index in [4.69, 9.17) is 4.74 Å². The third-order valence-electron chi connectivity index (χ3n) is 3.41. The van der Waals surface area contributed by atoms with Crippen LogP contribution in [-0.2, 0) is 20.5 Å². The van der Waals surface area contributed by atoms with Crippen molar-refractivity contribution >= 4 is 44.6 Å². The van der Waals surface area contributed by atoms with Crippen LogP contribution in [0.3, 0.4) is 0 Å². The summed E-state index contributed by atoms with van der Waals surface area (Å²) in [5, 5.41) is 0. The Morgan fingerprint density at radius 2 is 1.93 bits per heavy atom. The quantitative estimate of drug-likeness (QED) is 0.318. The maximum absolute atomic E-state index is 12.7. The van der Waals surface area contributed by atoms with Crippen LogP contribution in [-0.4, -0.2) is 26.8 Å². The molecule has 1 unspecified atom stereocenters. The topological polar surface area (TPSA) is 55.4 Å². The molecular formula is C20H30BrNO3S2. The molecule has 0 spiro atoms. The smallest absolute Gasteiger partial charge is 0.330 e. The molecule has 0 aromatic heterocycles. The number of hydrogen-bond donors (Lipinski definition) is 1. The minimum absolute atomic E-state index is 0.181. The number of carbonyl (C=O) groups is 1. The summed E-state index contributed by atoms with van der Waals surface area (Å²) < 4.78 is 21.8. The number of ether oxygens (including phenoxy) is 1. The van der Waals surface area contributed by atoms with Crippen molar-refractivity contribution < 1.29 is 13.7 Å². The second-order valence-corrected chi connectivity index (χ2v) is 11.9. The highest BCUT2D eigenvalue weighted by molar-refractivity contribution is 9.10. The van der Waals surface area contributed by atoms with Crippen LogP contribution in [0.25, 0.3) is 0 Å². The van der Waals surface area contributed by atoms with Gasteiger partial charge in [-0.3, -0.25) is 0 Å². The van der Waals surface area contributed by atoms with Crippen molar-refractivity contribution in [2.24, 2.45) is 0 Å². The maximum atomic E-state index is 12.7. The fourth-order valence-electron chi connectivity index (χ4n) is 2.15. The molecule has 2 atom stereocenters. The van der Waals surface area contributed by atoms with Gasteiger partial charge in [0.1, 0.15) is 5.60 Å². The van der Waals surface area contributed by atoms with Gasteiger partial charge < -0.3 is 4.74 Å². The lowest BCUT2D eigenvalue weighted by atomic mass is 10.0. The van der Waals surface area contributed by atoms with Crippen LogP contribution in [0.15, 0.2) is 39.7 Å². The Balaban J connectivity index is 3.06. The molecule has 0 aliphatic heterocycles. The molecule has 1 rings (SSSR count). The van der Waals surface area contributed by atoms with Crippen molar-refractivity contribution in [1.29, 1.82) is 0 Å². The number of thioether (sulfide) groups is 1. The number of carbonyl (C=O) groups excluding carboxylic acids is 1. The van der Waals surface area contributed by atoms with E-state index in [1.54, 1.807) is 17.8 Å². The van der Waals surface area contributed by atoms with Crippen LogP contribution in [0.1, 0.15) is 59.6 Å². The first-order valence-electron chi connectivity index (χ1n) is 8.74. The summed E-state index contributed by atoms with van der Waals surface area (Å²) in [6, 6.07) is 5.86. The van der Waals surface area contributed by atoms with E-state index >= 15 is 0 Å². The maximum Gasteiger partial charge on any atom is 0.330 e. The first-order chi connectivity index (χ1) is 12.3. The Hall–Kier alpha value is -0.630. The molecule has 0 radical (unpaired) electrons. The predicted molar refractivity (Wildman–Crippen MR) is 119 cm³/mol. The van der Waals surface area contributed by atoms with Gasteiger partial charge in [0.15, 0.2) is 0 Å². The molecule has 0 saturated carbocycles. The molecule has 1 aromatic rings. The number of benzene rings is 1. The van der Waals surface area contributed by atoms with E-state index in [9.17, 15) is 9.00 Å². The summed E-state index contributed by atoms with van der Waals surface area (Å²) in [5.41, 5.74) is 0.530. The second-order valence-electron chi connectivity index (χ2n) is 8.11. The SMILES string of the molecule is CSc1cc(Br)ccc1[C@H](C/C=C\C(=O)OC(C)(C)C)NS(=O)C(C)(C)C. The Labute approximate surface area is 178 Å². The van der Waals surface area contributed by atoms with Crippen LogP contribution in [0, 0.1) is 0 Å². The van der Waals surface area contributed by atoms with Crippen molar-refractivity contribution in [3.8, 4) is 0 Å². The minimum Gasteiger partial charge on any atom is -0.457 e. The van der Waals surface area contributed by atoms with E-state index in [2.05, 4.69) is 20.7 Å². The van der Waals surface area contributed by atoms with Crippen molar-refractivity contribution in [3.05, 3.63) is 40.4 Å². The Bertz CT molecular complexity index is 706. The van der Waals surface area contributed by atoms with Gasteiger partial charge in [-0.2, -0.15) is 0 Å². The largest absolute Gasteiger partial charge is 0.457 e. The van der Waals surface area contributed by atoms with Crippen LogP contribution in [0.2, 0.25) is 0 Å². The van der Waals surface area contributed by atoms with Gasteiger partial charge in [-0.15, -0.1) is 11.8 Å². The summed E-state index contributed by atoms with van der Waals surface area (Å²) in [6.07, 6.45) is 5.76. The first kappa shape index (κ1) is 24.4. The molecule has 0 amide bonds. The summed E-state index contributed by atoms with van der Waals surface area (Å²) in [5.74, 6) is -0.376. The number of nitrogens with one attached hydrogen (secondary N) is 1. The molecule has 4 nitrogen and oxygen atoms in total. The molecule has 1 aromatic carbocycles. The Morgan fingerprint density at radius 1 is 1.30 bits per heavy atom. The lowest BCUT2D eigenvalue weighted by Gasteiger charge is -2.25. The Morgan fingerprint density at radius 3 is 2.44 bits per heavy atom. The zero-order valence-electron chi connectivity index (χ0n) is 17.1. The van der Waals surface area contributed by atoms with Crippen LogP contribution in [0.5, 0.6) is 0 Å². The van der Waals surface area contributed by atoms with E-state index < -0.39 is 16.6 Å². The van der Waals surface area contributed by atoms with Crippen LogP contribution >= 0.6 is 27.7 Å². The predicted octanol–water partition coefficient (Wildman–Crippen LogP) is 5.55. The van der Waals surface area contributed by atoms with Crippen molar-refractivity contribution in [3.63, 3.8) is 0 Å². The lowest BCUT2D eigenvalue weighted by molar-refractivity contribution is -0.148. The van der Waals surface area contributed by atoms with Crippen LogP contribution in [0.4, 0.5) is 0 Å². The number of rotatable bonds is 7. The van der Waals surface area contributed by atoms with E-state index in [1.807, 2.05) is 66.0 Å². The van der Waals surface area contributed by atoms with Crippen molar-refractivity contribution in [2.45, 2.75) is 69.2 Å². The fraction of sp³-hybridized carbons (Fsp3) is 0.550. The first-order valence-corrected chi connectivity index (χ1v) is 11.9. The zero-order valence-corrected chi connectivity index (χ0v) is 20.3. The summed E-state index contributed by atoms with van der Waals surface area (Å²) in [4.78, 5) is 13.0. The van der Waals surface area contributed by atoms with E-state index in [1.165, 1.54) is 6.08 Å². The second kappa shape index (κ2) is 10.2. The lowest BCUT2D eigenvalue weighted by Crippen LogP contribution is -2.35. The highest BCUT2D eigenvalue weighted by Gasteiger charge is 2.24. The van der Waals surface area contributed by atoms with Gasteiger partial charge in [-0.05, 0) is 71.9 Å². The van der Waals surface area contributed by atoms with E-state index in [-0.39, 0.29) is 16.8 Å². The van der Waals surface area contributed by atoms with E-state index in [0.717, 1.165) is 14.9 Å². The average Bonchev–Trinajstić information content (AvgIpc) is 2.51. The third-order valence-corrected chi connectivity index (χ3v) is 6.31. The average molecular weight is 477 g/mol. The van der Waals surface area contributed by atoms with Gasteiger partial charge in [0.05, 0.1) is 15.7 Å². The molecule has 0 saturated heterocycles. The summed E-state index contributed by atoms with van der Waals surface area (Å²) >= 11 is 5.13. The normalized spacial score (nSPS) is 15.0.